The van der Waals surface area contributed by atoms with E-state index in [-0.39, 0.29) is 0 Å². The van der Waals surface area contributed by atoms with Crippen molar-refractivity contribution in [3.63, 3.8) is 0 Å². The van der Waals surface area contributed by atoms with E-state index in [0.717, 1.165) is 11.3 Å². The lowest BCUT2D eigenvalue weighted by Crippen LogP contribution is -1.61. The summed E-state index contributed by atoms with van der Waals surface area (Å²) in [6, 6.07) is 3.08. The molecule has 0 fully saturated rings. The van der Waals surface area contributed by atoms with Gasteiger partial charge in [-0.05, 0) is 17.3 Å². The first-order chi connectivity index (χ1) is 4.36. The molecule has 0 radical (unpaired) electrons. The number of thiophene rings is 1. The molecule has 3 nitrogen and oxygen atoms in total. The second-order valence-electron chi connectivity index (χ2n) is 1.39. The van der Waals surface area contributed by atoms with Gasteiger partial charge in [0.15, 0.2) is 11.3 Å². The maximum absolute atomic E-state index is 10.0. The molecule has 0 bridgehead atoms. The number of hydrogen-bond donors (Lipinski definition) is 0. The summed E-state index contributed by atoms with van der Waals surface area (Å²) in [6.45, 7) is 0. The van der Waals surface area contributed by atoms with Crippen molar-refractivity contribution in [1.82, 2.24) is 0 Å². The standard InChI is InChI=1S/C5H3NO2S/c7-3-4-1-2-5(6-8)9-4/h1-3H. The van der Waals surface area contributed by atoms with E-state index in [1.165, 1.54) is 6.07 Å². The van der Waals surface area contributed by atoms with Gasteiger partial charge in [-0.2, -0.15) is 0 Å². The topological polar surface area (TPSA) is 46.5 Å². The number of hydrogen-bond acceptors (Lipinski definition) is 4. The first kappa shape index (κ1) is 6.10. The Morgan fingerprint density at radius 2 is 2.33 bits per heavy atom. The summed E-state index contributed by atoms with van der Waals surface area (Å²) in [5.74, 6) is 0. The third-order valence-corrected chi connectivity index (χ3v) is 1.71. The molecular formula is C5H3NO2S. The number of carbonyl (C=O) groups is 1. The molecule has 46 valence electrons. The van der Waals surface area contributed by atoms with E-state index in [4.69, 9.17) is 0 Å². The van der Waals surface area contributed by atoms with E-state index in [0.29, 0.717) is 16.2 Å². The lowest BCUT2D eigenvalue weighted by molar-refractivity contribution is 0.112. The summed E-state index contributed by atoms with van der Waals surface area (Å²) in [6.07, 6.45) is 0.694. The smallest absolute Gasteiger partial charge is 0.161 e. The van der Waals surface area contributed by atoms with Gasteiger partial charge in [0.2, 0.25) is 0 Å². The van der Waals surface area contributed by atoms with Gasteiger partial charge in [0.25, 0.3) is 0 Å². The van der Waals surface area contributed by atoms with Crippen LogP contribution in [0.2, 0.25) is 0 Å². The van der Waals surface area contributed by atoms with Gasteiger partial charge in [-0.3, -0.25) is 4.79 Å². The zero-order chi connectivity index (χ0) is 6.69. The number of aldehydes is 1. The van der Waals surface area contributed by atoms with Crippen molar-refractivity contribution < 1.29 is 4.79 Å². The summed E-state index contributed by atoms with van der Waals surface area (Å²) in [5, 5.41) is 2.99. The minimum absolute atomic E-state index is 0.345. The van der Waals surface area contributed by atoms with Crippen LogP contribution in [0.4, 0.5) is 5.00 Å². The second-order valence-corrected chi connectivity index (χ2v) is 2.48. The fourth-order valence-corrected chi connectivity index (χ4v) is 1.05. The van der Waals surface area contributed by atoms with Crippen LogP contribution in [0.15, 0.2) is 17.3 Å². The van der Waals surface area contributed by atoms with Crippen molar-refractivity contribution in [2.24, 2.45) is 5.18 Å². The van der Waals surface area contributed by atoms with Gasteiger partial charge in [0.1, 0.15) is 0 Å². The number of nitrogens with zero attached hydrogens (tertiary/aromatic N) is 1. The molecule has 0 amide bonds. The van der Waals surface area contributed by atoms with E-state index in [9.17, 15) is 9.70 Å². The average molecular weight is 141 g/mol. The molecule has 4 heteroatoms. The molecular weight excluding hydrogens is 138 g/mol. The lowest BCUT2D eigenvalue weighted by Gasteiger charge is -1.70. The van der Waals surface area contributed by atoms with Gasteiger partial charge >= 0.3 is 0 Å². The van der Waals surface area contributed by atoms with Crippen LogP contribution in [0.3, 0.4) is 0 Å². The summed E-state index contributed by atoms with van der Waals surface area (Å²) in [5.41, 5.74) is 0. The molecule has 0 spiro atoms. The summed E-state index contributed by atoms with van der Waals surface area (Å²) in [4.78, 5) is 20.3. The van der Waals surface area contributed by atoms with Crippen LogP contribution < -0.4 is 0 Å². The van der Waals surface area contributed by atoms with Crippen molar-refractivity contribution in [1.29, 1.82) is 0 Å². The maximum atomic E-state index is 10.0. The SMILES string of the molecule is O=Cc1ccc(N=O)s1. The first-order valence-electron chi connectivity index (χ1n) is 2.25. The van der Waals surface area contributed by atoms with Crippen LogP contribution in [0.1, 0.15) is 9.67 Å². The molecule has 1 heterocycles. The third-order valence-electron chi connectivity index (χ3n) is 0.819. The Morgan fingerprint density at radius 1 is 1.56 bits per heavy atom. The van der Waals surface area contributed by atoms with Crippen molar-refractivity contribution in [3.05, 3.63) is 21.9 Å². The number of rotatable bonds is 2. The molecule has 1 aromatic heterocycles. The van der Waals surface area contributed by atoms with Crippen molar-refractivity contribution in [3.8, 4) is 0 Å². The molecule has 0 aliphatic heterocycles. The van der Waals surface area contributed by atoms with E-state index in [1.807, 2.05) is 0 Å². The average Bonchev–Trinajstić information content (AvgIpc) is 2.34. The Balaban J connectivity index is 2.98. The summed E-state index contributed by atoms with van der Waals surface area (Å²) >= 11 is 1.09. The minimum atomic E-state index is 0.345. The van der Waals surface area contributed by atoms with E-state index >= 15 is 0 Å². The molecule has 0 aromatic carbocycles. The predicted octanol–water partition coefficient (Wildman–Crippen LogP) is 1.96. The van der Waals surface area contributed by atoms with Crippen molar-refractivity contribution >= 4 is 22.6 Å². The molecule has 0 aliphatic carbocycles. The lowest BCUT2D eigenvalue weighted by atomic mass is 10.5. The molecule has 1 aromatic rings. The van der Waals surface area contributed by atoms with Crippen molar-refractivity contribution in [2.45, 2.75) is 0 Å². The highest BCUT2D eigenvalue weighted by molar-refractivity contribution is 7.17. The molecule has 0 saturated heterocycles. The maximum Gasteiger partial charge on any atom is 0.161 e. The van der Waals surface area contributed by atoms with Crippen LogP contribution in [0.25, 0.3) is 0 Å². The fraction of sp³-hybridized carbons (Fsp3) is 0. The molecule has 9 heavy (non-hydrogen) atoms. The predicted molar refractivity (Wildman–Crippen MR) is 35.2 cm³/mol. The Labute approximate surface area is 55.3 Å². The molecule has 0 saturated carbocycles. The van der Waals surface area contributed by atoms with Gasteiger partial charge in [-0.25, -0.2) is 0 Å². The van der Waals surface area contributed by atoms with Crippen LogP contribution >= 0.6 is 11.3 Å². The molecule has 0 atom stereocenters. The molecule has 0 N–H and O–H groups in total. The highest BCUT2D eigenvalue weighted by atomic mass is 32.1. The Bertz CT molecular complexity index is 208. The van der Waals surface area contributed by atoms with Gasteiger partial charge in [-0.15, -0.1) is 16.2 Å². The van der Waals surface area contributed by atoms with Crippen molar-refractivity contribution in [2.75, 3.05) is 0 Å². The van der Waals surface area contributed by atoms with E-state index in [1.54, 1.807) is 6.07 Å². The van der Waals surface area contributed by atoms with Gasteiger partial charge in [-0.1, -0.05) is 0 Å². The Morgan fingerprint density at radius 3 is 2.67 bits per heavy atom. The highest BCUT2D eigenvalue weighted by Gasteiger charge is 1.95. The zero-order valence-corrected chi connectivity index (χ0v) is 5.22. The van der Waals surface area contributed by atoms with Gasteiger partial charge in [0.05, 0.1) is 4.88 Å². The largest absolute Gasteiger partial charge is 0.297 e. The van der Waals surface area contributed by atoms with Crippen LogP contribution in [0, 0.1) is 4.91 Å². The molecule has 0 unspecified atom stereocenters. The molecule has 0 aliphatic rings. The van der Waals surface area contributed by atoms with Gasteiger partial charge in [0, 0.05) is 0 Å². The molecule has 1 rings (SSSR count). The summed E-state index contributed by atoms with van der Waals surface area (Å²) < 4.78 is 0. The number of carbonyl (C=O) groups excluding carboxylic acids is 1. The number of nitroso groups, excluding NO2 is 1. The fourth-order valence-electron chi connectivity index (χ4n) is 0.455. The minimum Gasteiger partial charge on any atom is -0.297 e. The Kier molecular flexibility index (Phi) is 1.69. The van der Waals surface area contributed by atoms with Crippen LogP contribution in [-0.4, -0.2) is 6.29 Å². The second kappa shape index (κ2) is 2.50. The van der Waals surface area contributed by atoms with Crippen LogP contribution in [0.5, 0.6) is 0 Å². The first-order valence-corrected chi connectivity index (χ1v) is 3.07. The van der Waals surface area contributed by atoms with Crippen LogP contribution in [-0.2, 0) is 0 Å². The quantitative estimate of drug-likeness (QED) is 0.466. The highest BCUT2D eigenvalue weighted by Crippen LogP contribution is 2.22. The summed E-state index contributed by atoms with van der Waals surface area (Å²) in [7, 11) is 0. The zero-order valence-electron chi connectivity index (χ0n) is 4.40. The normalized spacial score (nSPS) is 8.89. The van der Waals surface area contributed by atoms with E-state index in [2.05, 4.69) is 5.18 Å². The van der Waals surface area contributed by atoms with E-state index < -0.39 is 0 Å². The van der Waals surface area contributed by atoms with Gasteiger partial charge < -0.3 is 0 Å². The third kappa shape index (κ3) is 1.20. The Hall–Kier alpha value is -1.03. The monoisotopic (exact) mass is 141 g/mol.